The van der Waals surface area contributed by atoms with Crippen LogP contribution in [0, 0.1) is 18.3 Å². The molecule has 0 atom stereocenters. The number of methoxy groups -OCH3 is 1. The van der Waals surface area contributed by atoms with E-state index in [4.69, 9.17) is 22.2 Å². The third-order valence-corrected chi connectivity index (χ3v) is 5.10. The Kier molecular flexibility index (Phi) is 6.24. The van der Waals surface area contributed by atoms with Gasteiger partial charge in [-0.15, -0.1) is 0 Å². The van der Waals surface area contributed by atoms with Crippen LogP contribution in [0.25, 0.3) is 0 Å². The highest BCUT2D eigenvalue weighted by molar-refractivity contribution is 7.79. The molecular formula is C22H25N3OS. The highest BCUT2D eigenvalue weighted by Gasteiger charge is 2.32. The van der Waals surface area contributed by atoms with Gasteiger partial charge in [0.25, 0.3) is 0 Å². The lowest BCUT2D eigenvalue weighted by atomic mass is 9.96. The highest BCUT2D eigenvalue weighted by atomic mass is 32.1. The molecule has 0 radical (unpaired) electrons. The largest absolute Gasteiger partial charge is 0.497 e. The van der Waals surface area contributed by atoms with Gasteiger partial charge >= 0.3 is 0 Å². The summed E-state index contributed by atoms with van der Waals surface area (Å²) in [5, 5.41) is 9.14. The van der Waals surface area contributed by atoms with E-state index in [0.29, 0.717) is 5.56 Å². The Morgan fingerprint density at radius 1 is 1.19 bits per heavy atom. The molecule has 0 amide bonds. The first-order valence-corrected chi connectivity index (χ1v) is 9.06. The first-order chi connectivity index (χ1) is 12.8. The van der Waals surface area contributed by atoms with Gasteiger partial charge in [-0.1, -0.05) is 18.8 Å². The molecule has 140 valence electrons. The fourth-order valence-electron chi connectivity index (χ4n) is 2.95. The molecule has 0 aromatic heterocycles. The Hall–Kier alpha value is -2.84. The van der Waals surface area contributed by atoms with E-state index in [1.165, 1.54) is 0 Å². The number of nitriles is 1. The summed E-state index contributed by atoms with van der Waals surface area (Å²) >= 11 is 5.31. The Morgan fingerprint density at radius 3 is 2.26 bits per heavy atom. The van der Waals surface area contributed by atoms with Gasteiger partial charge in [-0.3, -0.25) is 0 Å². The minimum atomic E-state index is -0.465. The van der Waals surface area contributed by atoms with Crippen LogP contribution >= 0.6 is 12.2 Å². The lowest BCUT2D eigenvalue weighted by Gasteiger charge is -2.42. The third-order valence-electron chi connectivity index (χ3n) is 4.89. The van der Waals surface area contributed by atoms with Crippen LogP contribution in [0.1, 0.15) is 25.0 Å². The second kappa shape index (κ2) is 8.24. The second-order valence-corrected chi connectivity index (χ2v) is 7.06. The van der Waals surface area contributed by atoms with Crippen molar-refractivity contribution in [2.24, 2.45) is 0 Å². The van der Waals surface area contributed by atoms with Crippen LogP contribution in [0.15, 0.2) is 54.7 Å². The van der Waals surface area contributed by atoms with Crippen molar-refractivity contribution < 1.29 is 4.74 Å². The molecule has 0 saturated heterocycles. The second-order valence-electron chi connectivity index (χ2n) is 6.85. The SMILES string of the molecule is C=C(N(C)c1ccc(C#N)c(C)c1)C(C)(C)N(C=S)c1ccc(OC)cc1. The van der Waals surface area contributed by atoms with E-state index >= 15 is 0 Å². The molecule has 27 heavy (non-hydrogen) atoms. The number of benzene rings is 2. The molecule has 0 fully saturated rings. The molecule has 2 aromatic carbocycles. The van der Waals surface area contributed by atoms with E-state index in [9.17, 15) is 0 Å². The van der Waals surface area contributed by atoms with E-state index in [2.05, 4.69) is 26.5 Å². The van der Waals surface area contributed by atoms with Crippen molar-refractivity contribution in [1.29, 1.82) is 5.26 Å². The lowest BCUT2D eigenvalue weighted by Crippen LogP contribution is -2.48. The summed E-state index contributed by atoms with van der Waals surface area (Å²) in [5.74, 6) is 0.796. The summed E-state index contributed by atoms with van der Waals surface area (Å²) in [7, 11) is 3.62. The number of rotatable bonds is 7. The molecule has 0 bridgehead atoms. The first-order valence-electron chi connectivity index (χ1n) is 8.58. The number of anilines is 2. The van der Waals surface area contributed by atoms with Crippen molar-refractivity contribution in [2.45, 2.75) is 26.3 Å². The number of hydrogen-bond donors (Lipinski definition) is 0. The monoisotopic (exact) mass is 379 g/mol. The molecule has 0 N–H and O–H groups in total. The summed E-state index contributed by atoms with van der Waals surface area (Å²) in [6.07, 6.45) is 0. The number of aryl methyl sites for hydroxylation is 1. The zero-order chi connectivity index (χ0) is 20.2. The summed E-state index contributed by atoms with van der Waals surface area (Å²) < 4.78 is 5.24. The van der Waals surface area contributed by atoms with Crippen LogP contribution in [-0.4, -0.2) is 25.2 Å². The zero-order valence-electron chi connectivity index (χ0n) is 16.5. The van der Waals surface area contributed by atoms with Gasteiger partial charge in [0.1, 0.15) is 5.75 Å². The molecule has 2 rings (SSSR count). The van der Waals surface area contributed by atoms with E-state index in [1.807, 2.05) is 66.2 Å². The standard InChI is InChI=1S/C22H25N3OS/c1-16-13-20(8-7-18(16)14-23)24(5)17(2)22(3,4)25(15-27)19-9-11-21(26-6)12-10-19/h7-13,15H,2H2,1,3-6H3. The third kappa shape index (κ3) is 4.12. The number of ether oxygens (including phenoxy) is 1. The Bertz CT molecular complexity index is 881. The number of thiocarbonyl (C=S) groups is 1. The smallest absolute Gasteiger partial charge is 0.119 e. The van der Waals surface area contributed by atoms with Crippen molar-refractivity contribution in [3.05, 3.63) is 65.9 Å². The molecular weight excluding hydrogens is 354 g/mol. The quantitative estimate of drug-likeness (QED) is 0.628. The minimum Gasteiger partial charge on any atom is -0.497 e. The fraction of sp³-hybridized carbons (Fsp3) is 0.273. The number of hydrogen-bond acceptors (Lipinski definition) is 4. The van der Waals surface area contributed by atoms with Gasteiger partial charge in [0.05, 0.1) is 29.8 Å². The normalized spacial score (nSPS) is 10.7. The van der Waals surface area contributed by atoms with Crippen molar-refractivity contribution in [3.8, 4) is 11.8 Å². The molecule has 0 aliphatic carbocycles. The summed E-state index contributed by atoms with van der Waals surface area (Å²) in [5.41, 5.74) is 5.61. The molecule has 0 unspecified atom stereocenters. The molecule has 5 heteroatoms. The van der Waals surface area contributed by atoms with Gasteiger partial charge in [-0.25, -0.2) is 0 Å². The average molecular weight is 380 g/mol. The predicted molar refractivity (Wildman–Crippen MR) is 117 cm³/mol. The van der Waals surface area contributed by atoms with Crippen LogP contribution in [0.4, 0.5) is 11.4 Å². The van der Waals surface area contributed by atoms with Crippen molar-refractivity contribution in [2.75, 3.05) is 24.0 Å². The average Bonchev–Trinajstić information content (AvgIpc) is 2.67. The van der Waals surface area contributed by atoms with E-state index in [0.717, 1.165) is 28.4 Å². The van der Waals surface area contributed by atoms with Crippen molar-refractivity contribution >= 4 is 29.1 Å². The molecule has 0 aliphatic heterocycles. The summed E-state index contributed by atoms with van der Waals surface area (Å²) in [6, 6.07) is 15.7. The Balaban J connectivity index is 2.34. The minimum absolute atomic E-state index is 0.465. The van der Waals surface area contributed by atoms with E-state index in [1.54, 1.807) is 12.6 Å². The van der Waals surface area contributed by atoms with Crippen LogP contribution < -0.4 is 14.5 Å². The maximum atomic E-state index is 9.14. The van der Waals surface area contributed by atoms with Gasteiger partial charge in [-0.2, -0.15) is 5.26 Å². The van der Waals surface area contributed by atoms with Gasteiger partial charge < -0.3 is 14.5 Å². The molecule has 0 spiro atoms. The maximum Gasteiger partial charge on any atom is 0.119 e. The van der Waals surface area contributed by atoms with Gasteiger partial charge in [0.15, 0.2) is 0 Å². The molecule has 0 saturated carbocycles. The van der Waals surface area contributed by atoms with Gasteiger partial charge in [0.2, 0.25) is 0 Å². The molecule has 2 aromatic rings. The van der Waals surface area contributed by atoms with E-state index in [-0.39, 0.29) is 0 Å². The zero-order valence-corrected chi connectivity index (χ0v) is 17.3. The van der Waals surface area contributed by atoms with Crippen molar-refractivity contribution in [3.63, 3.8) is 0 Å². The van der Waals surface area contributed by atoms with E-state index < -0.39 is 5.54 Å². The Morgan fingerprint density at radius 2 is 1.78 bits per heavy atom. The maximum absolute atomic E-state index is 9.14. The number of nitrogens with zero attached hydrogens (tertiary/aromatic N) is 3. The lowest BCUT2D eigenvalue weighted by molar-refractivity contribution is 0.415. The number of likely N-dealkylation sites (N-methyl/N-ethyl adjacent to an activating group) is 1. The molecule has 4 nitrogen and oxygen atoms in total. The molecule has 0 aliphatic rings. The van der Waals surface area contributed by atoms with Crippen LogP contribution in [-0.2, 0) is 0 Å². The summed E-state index contributed by atoms with van der Waals surface area (Å²) in [6.45, 7) is 10.4. The van der Waals surface area contributed by atoms with Crippen molar-refractivity contribution in [1.82, 2.24) is 0 Å². The predicted octanol–water partition coefficient (Wildman–Crippen LogP) is 5.07. The summed E-state index contributed by atoms with van der Waals surface area (Å²) in [4.78, 5) is 4.04. The first kappa shape index (κ1) is 20.5. The van der Waals surface area contributed by atoms with Crippen LogP contribution in [0.5, 0.6) is 5.75 Å². The van der Waals surface area contributed by atoms with Crippen LogP contribution in [0.2, 0.25) is 0 Å². The fourth-order valence-corrected chi connectivity index (χ4v) is 3.33. The van der Waals surface area contributed by atoms with Crippen LogP contribution in [0.3, 0.4) is 0 Å². The van der Waals surface area contributed by atoms with Gasteiger partial charge in [-0.05, 0) is 68.8 Å². The Labute approximate surface area is 167 Å². The highest BCUT2D eigenvalue weighted by Crippen LogP contribution is 2.33. The van der Waals surface area contributed by atoms with Gasteiger partial charge in [0, 0.05) is 24.1 Å². The molecule has 0 heterocycles. The topological polar surface area (TPSA) is 39.5 Å².